The Bertz CT molecular complexity index is 959. The van der Waals surface area contributed by atoms with Crippen LogP contribution in [0, 0.1) is 5.92 Å². The summed E-state index contributed by atoms with van der Waals surface area (Å²) in [7, 11) is 0.950. The Kier molecular flexibility index (Phi) is 7.52. The number of thiocarbonyl (C=S) groups is 1. The quantitative estimate of drug-likeness (QED) is 0.213. The number of halogens is 6. The summed E-state index contributed by atoms with van der Waals surface area (Å²) in [6, 6.07) is 5.67. The van der Waals surface area contributed by atoms with Crippen LogP contribution >= 0.6 is 23.8 Å². The van der Waals surface area contributed by atoms with Crippen molar-refractivity contribution in [3.8, 4) is 0 Å². The van der Waals surface area contributed by atoms with Gasteiger partial charge in [-0.2, -0.15) is 13.2 Å². The van der Waals surface area contributed by atoms with Gasteiger partial charge in [-0.25, -0.2) is 18.6 Å². The number of benzene rings is 1. The van der Waals surface area contributed by atoms with Gasteiger partial charge in [0.15, 0.2) is 5.69 Å². The second kappa shape index (κ2) is 9.34. The number of nitrogens with zero attached hydrogens (tertiary/aromatic N) is 1. The normalized spacial score (nSPS) is 11.8. The van der Waals surface area contributed by atoms with Crippen LogP contribution in [0.3, 0.4) is 0 Å². The van der Waals surface area contributed by atoms with E-state index in [1.807, 2.05) is 0 Å². The van der Waals surface area contributed by atoms with Gasteiger partial charge in [-0.15, -0.1) is 0 Å². The fourth-order valence-electron chi connectivity index (χ4n) is 2.95. The molecule has 0 unspecified atom stereocenters. The maximum absolute atomic E-state index is 13.9. The molecule has 2 aromatic rings. The molecule has 0 bridgehead atoms. The maximum atomic E-state index is 13.9. The molecule has 1 aromatic carbocycles. The van der Waals surface area contributed by atoms with Crippen molar-refractivity contribution in [2.75, 3.05) is 7.11 Å². The van der Waals surface area contributed by atoms with Crippen molar-refractivity contribution >= 4 is 34.7 Å². The number of pyridine rings is 1. The third-order valence-electron chi connectivity index (χ3n) is 4.14. The summed E-state index contributed by atoms with van der Waals surface area (Å²) in [5.41, 5.74) is -4.20. The second-order valence-electron chi connectivity index (χ2n) is 6.80. The zero-order chi connectivity index (χ0) is 22.8. The summed E-state index contributed by atoms with van der Waals surface area (Å²) in [4.78, 5) is 15.2. The average Bonchev–Trinajstić information content (AvgIpc) is 2.65. The minimum Gasteiger partial charge on any atom is -0.465 e. The molecule has 1 aromatic heterocycles. The van der Waals surface area contributed by atoms with Gasteiger partial charge in [-0.1, -0.05) is 49.8 Å². The third kappa shape index (κ3) is 5.13. The van der Waals surface area contributed by atoms with Gasteiger partial charge in [-0.3, -0.25) is 0 Å². The van der Waals surface area contributed by atoms with Crippen molar-refractivity contribution < 1.29 is 31.5 Å². The Morgan fingerprint density at radius 3 is 2.17 bits per heavy atom. The van der Waals surface area contributed by atoms with E-state index < -0.39 is 41.1 Å². The summed E-state index contributed by atoms with van der Waals surface area (Å²) in [6.45, 7) is 3.35. The van der Waals surface area contributed by atoms with Crippen molar-refractivity contribution in [1.29, 1.82) is 0 Å². The summed E-state index contributed by atoms with van der Waals surface area (Å²) in [5.74, 6) is -1.49. The van der Waals surface area contributed by atoms with Crippen molar-refractivity contribution in [2.24, 2.45) is 5.92 Å². The van der Waals surface area contributed by atoms with Gasteiger partial charge in [0, 0.05) is 10.6 Å². The van der Waals surface area contributed by atoms with Gasteiger partial charge < -0.3 is 4.74 Å². The van der Waals surface area contributed by atoms with E-state index in [1.165, 1.54) is 24.3 Å². The van der Waals surface area contributed by atoms with E-state index in [0.717, 1.165) is 7.11 Å². The summed E-state index contributed by atoms with van der Waals surface area (Å²) < 4.78 is 73.4. The van der Waals surface area contributed by atoms with E-state index in [0.29, 0.717) is 5.02 Å². The first kappa shape index (κ1) is 24.1. The molecule has 0 atom stereocenters. The van der Waals surface area contributed by atoms with Crippen LogP contribution in [0.4, 0.5) is 22.0 Å². The number of carbonyl (C=O) groups is 1. The second-order valence-corrected chi connectivity index (χ2v) is 7.64. The minimum atomic E-state index is -5.09. The van der Waals surface area contributed by atoms with Gasteiger partial charge in [0.2, 0.25) is 0 Å². The predicted molar refractivity (Wildman–Crippen MR) is 106 cm³/mol. The standard InChI is InChI=1S/C20H17ClF5NO2S/c1-9(2)8-12-13(19(28)29-3)15(18(22)23)27-17(20(24,25)26)14(12)16(30)10-4-6-11(21)7-5-10/h4-7,9,18H,8H2,1-3H3. The Balaban J connectivity index is 2.99. The molecular formula is C20H17ClF5NO2S. The monoisotopic (exact) mass is 465 g/mol. The minimum absolute atomic E-state index is 0.126. The van der Waals surface area contributed by atoms with Gasteiger partial charge in [0.1, 0.15) is 5.69 Å². The lowest BCUT2D eigenvalue weighted by Crippen LogP contribution is -2.25. The lowest BCUT2D eigenvalue weighted by molar-refractivity contribution is -0.141. The number of rotatable bonds is 6. The van der Waals surface area contributed by atoms with E-state index in [-0.39, 0.29) is 28.3 Å². The fraction of sp³-hybridized carbons (Fsp3) is 0.350. The molecule has 1 heterocycles. The van der Waals surface area contributed by atoms with Crippen molar-refractivity contribution in [3.63, 3.8) is 0 Å². The fourth-order valence-corrected chi connectivity index (χ4v) is 3.43. The molecule has 10 heteroatoms. The lowest BCUT2D eigenvalue weighted by Gasteiger charge is -2.23. The topological polar surface area (TPSA) is 39.2 Å². The number of hydrogen-bond donors (Lipinski definition) is 0. The average molecular weight is 466 g/mol. The highest BCUT2D eigenvalue weighted by molar-refractivity contribution is 7.81. The molecule has 2 rings (SSSR count). The molecule has 0 amide bonds. The van der Waals surface area contributed by atoms with Crippen LogP contribution < -0.4 is 0 Å². The Morgan fingerprint density at radius 1 is 1.17 bits per heavy atom. The van der Waals surface area contributed by atoms with E-state index in [9.17, 15) is 26.7 Å². The zero-order valence-corrected chi connectivity index (χ0v) is 17.7. The van der Waals surface area contributed by atoms with Crippen molar-refractivity contribution in [3.05, 3.63) is 62.9 Å². The highest BCUT2D eigenvalue weighted by Crippen LogP contribution is 2.39. The van der Waals surface area contributed by atoms with Gasteiger partial charge >= 0.3 is 12.1 Å². The largest absolute Gasteiger partial charge is 0.465 e. The van der Waals surface area contributed by atoms with E-state index in [4.69, 9.17) is 23.8 Å². The van der Waals surface area contributed by atoms with E-state index >= 15 is 0 Å². The van der Waals surface area contributed by atoms with Crippen molar-refractivity contribution in [1.82, 2.24) is 4.98 Å². The molecule has 0 spiro atoms. The van der Waals surface area contributed by atoms with E-state index in [1.54, 1.807) is 13.8 Å². The Labute approximate surface area is 180 Å². The first-order chi connectivity index (χ1) is 13.9. The Hall–Kier alpha value is -2.13. The van der Waals surface area contributed by atoms with Crippen LogP contribution in [-0.4, -0.2) is 22.9 Å². The predicted octanol–water partition coefficient (Wildman–Crippen LogP) is 6.44. The van der Waals surface area contributed by atoms with Gasteiger partial charge in [-0.05, 0) is 35.6 Å². The summed E-state index contributed by atoms with van der Waals surface area (Å²) in [6.07, 6.45) is -8.64. The molecule has 162 valence electrons. The smallest absolute Gasteiger partial charge is 0.434 e. The molecule has 0 radical (unpaired) electrons. The number of alkyl halides is 5. The molecule has 0 N–H and O–H groups in total. The van der Waals surface area contributed by atoms with Gasteiger partial charge in [0.25, 0.3) is 6.43 Å². The number of esters is 1. The first-order valence-electron chi connectivity index (χ1n) is 8.69. The van der Waals surface area contributed by atoms with Crippen LogP contribution in [0.1, 0.15) is 58.7 Å². The van der Waals surface area contributed by atoms with Crippen LogP contribution in [0.5, 0.6) is 0 Å². The molecule has 0 saturated carbocycles. The van der Waals surface area contributed by atoms with Crippen LogP contribution in [0.15, 0.2) is 24.3 Å². The summed E-state index contributed by atoms with van der Waals surface area (Å²) >= 11 is 11.1. The number of aromatic nitrogens is 1. The summed E-state index contributed by atoms with van der Waals surface area (Å²) in [5, 5.41) is 0.335. The number of carbonyl (C=O) groups excluding carboxylic acids is 1. The zero-order valence-electron chi connectivity index (χ0n) is 16.1. The van der Waals surface area contributed by atoms with Crippen LogP contribution in [-0.2, 0) is 17.3 Å². The van der Waals surface area contributed by atoms with Gasteiger partial charge in [0.05, 0.1) is 17.5 Å². The SMILES string of the molecule is COC(=O)c1c(C(F)F)nc(C(F)(F)F)c(C(=S)c2ccc(Cl)cc2)c1CC(C)C. The molecular weight excluding hydrogens is 449 g/mol. The lowest BCUT2D eigenvalue weighted by atomic mass is 9.88. The van der Waals surface area contributed by atoms with Crippen LogP contribution in [0.25, 0.3) is 0 Å². The van der Waals surface area contributed by atoms with Crippen molar-refractivity contribution in [2.45, 2.75) is 32.9 Å². The Morgan fingerprint density at radius 2 is 1.73 bits per heavy atom. The number of hydrogen-bond acceptors (Lipinski definition) is 4. The molecule has 0 fully saturated rings. The maximum Gasteiger partial charge on any atom is 0.434 e. The molecule has 3 nitrogen and oxygen atoms in total. The van der Waals surface area contributed by atoms with E-state index in [2.05, 4.69) is 9.72 Å². The molecule has 0 aliphatic carbocycles. The number of methoxy groups -OCH3 is 1. The molecule has 0 aliphatic heterocycles. The third-order valence-corrected chi connectivity index (χ3v) is 4.83. The first-order valence-corrected chi connectivity index (χ1v) is 9.47. The number of ether oxygens (including phenoxy) is 1. The van der Waals surface area contributed by atoms with Crippen LogP contribution in [0.2, 0.25) is 5.02 Å². The molecule has 30 heavy (non-hydrogen) atoms. The molecule has 0 saturated heterocycles. The molecule has 0 aliphatic rings. The highest BCUT2D eigenvalue weighted by atomic mass is 35.5. The highest BCUT2D eigenvalue weighted by Gasteiger charge is 2.41.